The van der Waals surface area contributed by atoms with E-state index in [1.807, 2.05) is 7.05 Å². The van der Waals surface area contributed by atoms with Crippen LogP contribution in [0.3, 0.4) is 0 Å². The van der Waals surface area contributed by atoms with Gasteiger partial charge in [0.25, 0.3) is 0 Å². The maximum absolute atomic E-state index is 4.34. The van der Waals surface area contributed by atoms with Gasteiger partial charge < -0.3 is 10.2 Å². The van der Waals surface area contributed by atoms with Crippen LogP contribution in [0, 0.1) is 0 Å². The van der Waals surface area contributed by atoms with E-state index >= 15 is 0 Å². The second-order valence-corrected chi connectivity index (χ2v) is 6.08. The van der Waals surface area contributed by atoms with E-state index < -0.39 is 0 Å². The van der Waals surface area contributed by atoms with E-state index in [9.17, 15) is 0 Å². The van der Waals surface area contributed by atoms with E-state index in [2.05, 4.69) is 56.9 Å². The normalized spacial score (nSPS) is 13.0. The molecule has 0 saturated carbocycles. The summed E-state index contributed by atoms with van der Waals surface area (Å²) in [5.74, 6) is 0.830. The molecule has 0 spiro atoms. The number of aryl methyl sites for hydroxylation is 1. The molecule has 110 valence electrons. The van der Waals surface area contributed by atoms with E-state index in [-0.39, 0.29) is 0 Å². The predicted molar refractivity (Wildman–Crippen MR) is 85.5 cm³/mol. The van der Waals surface area contributed by atoms with Crippen molar-refractivity contribution < 1.29 is 0 Å². The van der Waals surface area contributed by atoms with Crippen LogP contribution in [0.2, 0.25) is 0 Å². The van der Waals surface area contributed by atoms with Crippen molar-refractivity contribution in [2.45, 2.75) is 6.04 Å². The van der Waals surface area contributed by atoms with Gasteiger partial charge in [0.05, 0.1) is 17.6 Å². The molecule has 0 aliphatic heterocycles. The lowest BCUT2D eigenvalue weighted by molar-refractivity contribution is 0.316. The lowest BCUT2D eigenvalue weighted by Gasteiger charge is -2.23. The maximum atomic E-state index is 4.34. The molecule has 0 bridgehead atoms. The summed E-state index contributed by atoms with van der Waals surface area (Å²) in [5, 5.41) is 10.7. The molecule has 21 heavy (non-hydrogen) atoms. The summed E-state index contributed by atoms with van der Waals surface area (Å²) in [6, 6.07) is 4.56. The molecule has 0 unspecified atom stereocenters. The molecule has 0 radical (unpaired) electrons. The van der Waals surface area contributed by atoms with Crippen molar-refractivity contribution >= 4 is 28.2 Å². The average Bonchev–Trinajstić information content (AvgIpc) is 3.10. The lowest BCUT2D eigenvalue weighted by Crippen LogP contribution is -2.26. The molecule has 0 aliphatic rings. The molecular weight excluding hydrogens is 284 g/mol. The topological polar surface area (TPSA) is 58.9 Å². The molecular formula is C14H18N6S. The van der Waals surface area contributed by atoms with Crippen LogP contribution in [0.25, 0.3) is 11.0 Å². The largest absolute Gasteiger partial charge is 0.367 e. The number of aromatic nitrogens is 4. The van der Waals surface area contributed by atoms with Crippen LogP contribution in [-0.4, -0.2) is 45.3 Å². The standard InChI is InChI=1S/C14H18N6S/c1-19(2)11(12-5-4-6-21-12)8-15-13-10-7-18-20(3)14(10)17-9-16-13/h4-7,9,11H,8H2,1-3H3,(H,15,16,17)/t11-/m1/s1. The summed E-state index contributed by atoms with van der Waals surface area (Å²) in [6.45, 7) is 0.786. The fourth-order valence-electron chi connectivity index (χ4n) is 2.31. The van der Waals surface area contributed by atoms with Gasteiger partial charge in [-0.25, -0.2) is 9.97 Å². The van der Waals surface area contributed by atoms with Gasteiger partial charge in [-0.15, -0.1) is 11.3 Å². The number of fused-ring (bicyclic) bond motifs is 1. The van der Waals surface area contributed by atoms with E-state index in [1.54, 1.807) is 28.5 Å². The van der Waals surface area contributed by atoms with Crippen LogP contribution in [0.15, 0.2) is 30.0 Å². The Bertz CT molecular complexity index is 718. The molecule has 0 aliphatic carbocycles. The quantitative estimate of drug-likeness (QED) is 0.782. The van der Waals surface area contributed by atoms with E-state index in [1.165, 1.54) is 4.88 Å². The van der Waals surface area contributed by atoms with Crippen LogP contribution in [0.4, 0.5) is 5.82 Å². The van der Waals surface area contributed by atoms with Gasteiger partial charge in [-0.05, 0) is 25.5 Å². The van der Waals surface area contributed by atoms with Gasteiger partial charge >= 0.3 is 0 Å². The van der Waals surface area contributed by atoms with Gasteiger partial charge in [-0.2, -0.15) is 5.10 Å². The molecule has 0 aromatic carbocycles. The Hall–Kier alpha value is -1.99. The Balaban J connectivity index is 1.82. The summed E-state index contributed by atoms with van der Waals surface area (Å²) in [5.41, 5.74) is 0.838. The predicted octanol–water partition coefficient (Wildman–Crippen LogP) is 2.14. The first-order valence-corrected chi connectivity index (χ1v) is 7.61. The van der Waals surface area contributed by atoms with Crippen LogP contribution in [-0.2, 0) is 7.05 Å². The molecule has 3 heterocycles. The molecule has 3 aromatic heterocycles. The smallest absolute Gasteiger partial charge is 0.163 e. The molecule has 1 N–H and O–H groups in total. The van der Waals surface area contributed by atoms with Crippen molar-refractivity contribution in [3.05, 3.63) is 34.9 Å². The maximum Gasteiger partial charge on any atom is 0.163 e. The number of nitrogens with one attached hydrogen (secondary N) is 1. The van der Waals surface area contributed by atoms with Crippen molar-refractivity contribution in [1.82, 2.24) is 24.6 Å². The van der Waals surface area contributed by atoms with Gasteiger partial charge in [0.15, 0.2) is 5.65 Å². The van der Waals surface area contributed by atoms with Gasteiger partial charge in [-0.1, -0.05) is 6.07 Å². The molecule has 0 saturated heterocycles. The lowest BCUT2D eigenvalue weighted by atomic mass is 10.2. The van der Waals surface area contributed by atoms with Crippen LogP contribution < -0.4 is 5.32 Å². The van der Waals surface area contributed by atoms with Crippen molar-refractivity contribution in [3.63, 3.8) is 0 Å². The molecule has 7 heteroatoms. The van der Waals surface area contributed by atoms with Gasteiger partial charge in [0, 0.05) is 18.5 Å². The minimum Gasteiger partial charge on any atom is -0.367 e. The minimum absolute atomic E-state index is 0.312. The van der Waals surface area contributed by atoms with Gasteiger partial charge in [0.2, 0.25) is 0 Å². The molecule has 1 atom stereocenters. The summed E-state index contributed by atoms with van der Waals surface area (Å²) < 4.78 is 1.75. The number of anilines is 1. The van der Waals surface area contributed by atoms with Crippen molar-refractivity contribution in [1.29, 1.82) is 0 Å². The Morgan fingerprint density at radius 3 is 2.95 bits per heavy atom. The zero-order chi connectivity index (χ0) is 14.8. The second-order valence-electron chi connectivity index (χ2n) is 5.10. The summed E-state index contributed by atoms with van der Waals surface area (Å²) >= 11 is 1.77. The molecule has 3 rings (SSSR count). The van der Waals surface area contributed by atoms with Crippen molar-refractivity contribution in [3.8, 4) is 0 Å². The Morgan fingerprint density at radius 2 is 2.24 bits per heavy atom. The zero-order valence-electron chi connectivity index (χ0n) is 12.3. The van der Waals surface area contributed by atoms with Crippen molar-refractivity contribution in [2.24, 2.45) is 7.05 Å². The highest BCUT2D eigenvalue weighted by molar-refractivity contribution is 7.10. The third-order valence-electron chi connectivity index (χ3n) is 3.49. The number of likely N-dealkylation sites (N-methyl/N-ethyl adjacent to an activating group) is 1. The number of nitrogens with zero attached hydrogens (tertiary/aromatic N) is 5. The monoisotopic (exact) mass is 302 g/mol. The first kappa shape index (κ1) is 14.0. The fourth-order valence-corrected chi connectivity index (χ4v) is 3.24. The van der Waals surface area contributed by atoms with E-state index in [0.29, 0.717) is 6.04 Å². The highest BCUT2D eigenvalue weighted by Gasteiger charge is 2.16. The Morgan fingerprint density at radius 1 is 1.38 bits per heavy atom. The van der Waals surface area contributed by atoms with E-state index in [0.717, 1.165) is 23.4 Å². The fraction of sp³-hybridized carbons (Fsp3) is 0.357. The summed E-state index contributed by atoms with van der Waals surface area (Å²) in [4.78, 5) is 12.1. The first-order valence-electron chi connectivity index (χ1n) is 6.73. The zero-order valence-corrected chi connectivity index (χ0v) is 13.1. The highest BCUT2D eigenvalue weighted by Crippen LogP contribution is 2.25. The number of hydrogen-bond acceptors (Lipinski definition) is 6. The minimum atomic E-state index is 0.312. The van der Waals surface area contributed by atoms with Gasteiger partial charge in [0.1, 0.15) is 12.1 Å². The third-order valence-corrected chi connectivity index (χ3v) is 4.46. The van der Waals surface area contributed by atoms with Crippen molar-refractivity contribution in [2.75, 3.05) is 26.0 Å². The number of thiophene rings is 1. The van der Waals surface area contributed by atoms with Crippen LogP contribution in [0.5, 0.6) is 0 Å². The first-order chi connectivity index (χ1) is 10.2. The van der Waals surface area contributed by atoms with Gasteiger partial charge in [-0.3, -0.25) is 4.68 Å². The van der Waals surface area contributed by atoms with E-state index in [4.69, 9.17) is 0 Å². The Kier molecular flexibility index (Phi) is 3.85. The second kappa shape index (κ2) is 5.79. The molecule has 0 amide bonds. The summed E-state index contributed by atoms with van der Waals surface area (Å²) in [6.07, 6.45) is 3.37. The number of hydrogen-bond donors (Lipinski definition) is 1. The third kappa shape index (κ3) is 2.74. The highest BCUT2D eigenvalue weighted by atomic mass is 32.1. The van der Waals surface area contributed by atoms with Crippen LogP contribution >= 0.6 is 11.3 Å². The SMILES string of the molecule is CN(C)[C@H](CNc1ncnc2c1cnn2C)c1cccs1. The number of rotatable bonds is 5. The summed E-state index contributed by atoms with van der Waals surface area (Å²) in [7, 11) is 6.06. The molecule has 3 aromatic rings. The Labute approximate surface area is 127 Å². The molecule has 6 nitrogen and oxygen atoms in total. The van der Waals surface area contributed by atoms with Crippen LogP contribution in [0.1, 0.15) is 10.9 Å². The molecule has 0 fully saturated rings. The average molecular weight is 302 g/mol.